The number of carbonyl (C=O) groups excluding carboxylic acids is 2. The summed E-state index contributed by atoms with van der Waals surface area (Å²) in [6.45, 7) is 6.11. The number of amides is 1. The Kier molecular flexibility index (Phi) is 7.46. The fourth-order valence-electron chi connectivity index (χ4n) is 2.00. The molecule has 0 heterocycles. The van der Waals surface area contributed by atoms with E-state index >= 15 is 0 Å². The smallest absolute Gasteiger partial charge is 0.319 e. The zero-order chi connectivity index (χ0) is 15.7. The summed E-state index contributed by atoms with van der Waals surface area (Å²) in [6, 6.07) is 9.88. The van der Waals surface area contributed by atoms with E-state index < -0.39 is 0 Å². The van der Waals surface area contributed by atoms with Crippen LogP contribution in [0.25, 0.3) is 0 Å². The van der Waals surface area contributed by atoms with Crippen LogP contribution < -0.4 is 0 Å². The average Bonchev–Trinajstić information content (AvgIpc) is 2.52. The summed E-state index contributed by atoms with van der Waals surface area (Å²) < 4.78 is 4.64. The first-order valence-electron chi connectivity index (χ1n) is 7.21. The minimum atomic E-state index is -0.323. The number of esters is 1. The molecule has 1 amide bonds. The fraction of sp³-hybridized carbons (Fsp3) is 0.500. The molecule has 0 unspecified atom stereocenters. The molecule has 1 rings (SSSR count). The van der Waals surface area contributed by atoms with Gasteiger partial charge >= 0.3 is 5.97 Å². The SMILES string of the molecule is CCN(CC(=O)OC)CC(=O)N(CC)Cc1ccccc1. The molecule has 0 atom stereocenters. The van der Waals surface area contributed by atoms with Gasteiger partial charge in [0.05, 0.1) is 20.2 Å². The van der Waals surface area contributed by atoms with Gasteiger partial charge in [-0.2, -0.15) is 0 Å². The van der Waals surface area contributed by atoms with Gasteiger partial charge in [0.2, 0.25) is 5.91 Å². The molecule has 0 radical (unpaired) electrons. The van der Waals surface area contributed by atoms with Gasteiger partial charge in [0, 0.05) is 13.1 Å². The number of ether oxygens (including phenoxy) is 1. The fourth-order valence-corrected chi connectivity index (χ4v) is 2.00. The van der Waals surface area contributed by atoms with Gasteiger partial charge in [-0.1, -0.05) is 37.3 Å². The quantitative estimate of drug-likeness (QED) is 0.682. The lowest BCUT2D eigenvalue weighted by molar-refractivity contribution is -0.142. The van der Waals surface area contributed by atoms with Crippen molar-refractivity contribution >= 4 is 11.9 Å². The number of hydrogen-bond donors (Lipinski definition) is 0. The third-order valence-corrected chi connectivity index (χ3v) is 3.34. The van der Waals surface area contributed by atoms with Crippen LogP contribution in [-0.2, 0) is 20.9 Å². The number of benzene rings is 1. The molecule has 116 valence electrons. The normalized spacial score (nSPS) is 10.5. The van der Waals surface area contributed by atoms with E-state index in [-0.39, 0.29) is 25.0 Å². The predicted molar refractivity (Wildman–Crippen MR) is 81.7 cm³/mol. The molecule has 0 N–H and O–H groups in total. The molecule has 21 heavy (non-hydrogen) atoms. The molecule has 5 heteroatoms. The van der Waals surface area contributed by atoms with E-state index in [0.717, 1.165) is 5.56 Å². The summed E-state index contributed by atoms with van der Waals surface area (Å²) >= 11 is 0. The highest BCUT2D eigenvalue weighted by Gasteiger charge is 2.17. The molecule has 0 saturated carbocycles. The zero-order valence-electron chi connectivity index (χ0n) is 13.0. The Balaban J connectivity index is 2.59. The lowest BCUT2D eigenvalue weighted by Gasteiger charge is -2.25. The Morgan fingerprint density at radius 1 is 1.05 bits per heavy atom. The average molecular weight is 292 g/mol. The second-order valence-corrected chi connectivity index (χ2v) is 4.77. The van der Waals surface area contributed by atoms with E-state index in [0.29, 0.717) is 19.6 Å². The monoisotopic (exact) mass is 292 g/mol. The Morgan fingerprint density at radius 2 is 1.71 bits per heavy atom. The molecule has 0 aliphatic rings. The van der Waals surface area contributed by atoms with Crippen molar-refractivity contribution in [3.63, 3.8) is 0 Å². The van der Waals surface area contributed by atoms with Crippen LogP contribution in [0.4, 0.5) is 0 Å². The molecule has 1 aromatic rings. The molecule has 0 spiro atoms. The van der Waals surface area contributed by atoms with Crippen molar-refractivity contribution < 1.29 is 14.3 Å². The van der Waals surface area contributed by atoms with Gasteiger partial charge in [0.15, 0.2) is 0 Å². The first-order valence-corrected chi connectivity index (χ1v) is 7.21. The number of likely N-dealkylation sites (N-methyl/N-ethyl adjacent to an activating group) is 2. The molecule has 1 aromatic carbocycles. The molecular formula is C16H24N2O3. The van der Waals surface area contributed by atoms with E-state index in [9.17, 15) is 9.59 Å². The minimum Gasteiger partial charge on any atom is -0.468 e. The van der Waals surface area contributed by atoms with E-state index in [2.05, 4.69) is 4.74 Å². The van der Waals surface area contributed by atoms with Gasteiger partial charge in [-0.05, 0) is 19.0 Å². The summed E-state index contributed by atoms with van der Waals surface area (Å²) in [5.41, 5.74) is 1.10. The summed E-state index contributed by atoms with van der Waals surface area (Å²) in [5, 5.41) is 0. The van der Waals surface area contributed by atoms with Crippen molar-refractivity contribution in [2.24, 2.45) is 0 Å². The van der Waals surface area contributed by atoms with Crippen molar-refractivity contribution in [3.8, 4) is 0 Å². The summed E-state index contributed by atoms with van der Waals surface area (Å²) in [7, 11) is 1.35. The van der Waals surface area contributed by atoms with Crippen LogP contribution in [0.5, 0.6) is 0 Å². The number of hydrogen-bond acceptors (Lipinski definition) is 4. The van der Waals surface area contributed by atoms with Gasteiger partial charge in [0.1, 0.15) is 0 Å². The largest absolute Gasteiger partial charge is 0.468 e. The number of rotatable bonds is 8. The first kappa shape index (κ1) is 17.2. The molecule has 0 aliphatic carbocycles. The molecule has 0 fully saturated rings. The third-order valence-electron chi connectivity index (χ3n) is 3.34. The van der Waals surface area contributed by atoms with Gasteiger partial charge in [0.25, 0.3) is 0 Å². The summed E-state index contributed by atoms with van der Waals surface area (Å²) in [5.74, 6) is -0.303. The number of carbonyl (C=O) groups is 2. The Morgan fingerprint density at radius 3 is 2.24 bits per heavy atom. The maximum Gasteiger partial charge on any atom is 0.319 e. The van der Waals surface area contributed by atoms with E-state index in [1.165, 1.54) is 7.11 Å². The van der Waals surface area contributed by atoms with Crippen LogP contribution in [0.15, 0.2) is 30.3 Å². The Bertz CT molecular complexity index is 448. The number of nitrogens with zero attached hydrogens (tertiary/aromatic N) is 2. The van der Waals surface area contributed by atoms with Crippen LogP contribution in [-0.4, -0.2) is 55.0 Å². The maximum atomic E-state index is 12.3. The highest BCUT2D eigenvalue weighted by molar-refractivity contribution is 5.79. The van der Waals surface area contributed by atoms with Crippen LogP contribution in [0.3, 0.4) is 0 Å². The zero-order valence-corrected chi connectivity index (χ0v) is 13.0. The van der Waals surface area contributed by atoms with Crippen LogP contribution in [0.2, 0.25) is 0 Å². The van der Waals surface area contributed by atoms with Crippen LogP contribution in [0, 0.1) is 0 Å². The molecule has 0 aromatic heterocycles. The van der Waals surface area contributed by atoms with Gasteiger partial charge in [-0.15, -0.1) is 0 Å². The maximum absolute atomic E-state index is 12.3. The summed E-state index contributed by atoms with van der Waals surface area (Å²) in [4.78, 5) is 27.2. The van der Waals surface area contributed by atoms with Crippen molar-refractivity contribution in [1.82, 2.24) is 9.80 Å². The summed E-state index contributed by atoms with van der Waals surface area (Å²) in [6.07, 6.45) is 0. The molecule has 0 bridgehead atoms. The van der Waals surface area contributed by atoms with Crippen LogP contribution in [0.1, 0.15) is 19.4 Å². The van der Waals surface area contributed by atoms with Gasteiger partial charge in [-0.25, -0.2) is 0 Å². The van der Waals surface area contributed by atoms with E-state index in [4.69, 9.17) is 0 Å². The first-order chi connectivity index (χ1) is 10.1. The van der Waals surface area contributed by atoms with Crippen molar-refractivity contribution in [2.45, 2.75) is 20.4 Å². The molecule has 0 aliphatic heterocycles. The second kappa shape index (κ2) is 9.13. The van der Waals surface area contributed by atoms with Crippen molar-refractivity contribution in [3.05, 3.63) is 35.9 Å². The van der Waals surface area contributed by atoms with Gasteiger partial charge < -0.3 is 9.64 Å². The van der Waals surface area contributed by atoms with Crippen molar-refractivity contribution in [1.29, 1.82) is 0 Å². The molecular weight excluding hydrogens is 268 g/mol. The van der Waals surface area contributed by atoms with Gasteiger partial charge in [-0.3, -0.25) is 14.5 Å². The predicted octanol–water partition coefficient (Wildman–Crippen LogP) is 1.53. The van der Waals surface area contributed by atoms with Crippen molar-refractivity contribution in [2.75, 3.05) is 33.3 Å². The molecule has 5 nitrogen and oxygen atoms in total. The van der Waals surface area contributed by atoms with E-state index in [1.807, 2.05) is 44.2 Å². The minimum absolute atomic E-state index is 0.0205. The van der Waals surface area contributed by atoms with Crippen LogP contribution >= 0.6 is 0 Å². The lowest BCUT2D eigenvalue weighted by Crippen LogP contribution is -2.42. The Hall–Kier alpha value is -1.88. The highest BCUT2D eigenvalue weighted by Crippen LogP contribution is 2.05. The third kappa shape index (κ3) is 5.95. The highest BCUT2D eigenvalue weighted by atomic mass is 16.5. The Labute approximate surface area is 126 Å². The topological polar surface area (TPSA) is 49.9 Å². The second-order valence-electron chi connectivity index (χ2n) is 4.77. The van der Waals surface area contributed by atoms with E-state index in [1.54, 1.807) is 9.80 Å². The number of methoxy groups -OCH3 is 1. The standard InChI is InChI=1S/C16H24N2O3/c1-4-17(13-16(20)21-3)12-15(19)18(5-2)11-14-9-7-6-8-10-14/h6-10H,4-5,11-13H2,1-3H3. The lowest BCUT2D eigenvalue weighted by atomic mass is 10.2. The molecule has 0 saturated heterocycles.